The smallest absolute Gasteiger partial charge is 0.410 e. The summed E-state index contributed by atoms with van der Waals surface area (Å²) in [7, 11) is 1.59. The SMILES string of the molecule is CCOC(=O)C1C(c2ccc3c(c2)OCO3)CN(C(=O)OC(C)(C)C)C1c1ccc(OC)cc1. The number of benzene rings is 2. The van der Waals surface area contributed by atoms with E-state index in [1.54, 1.807) is 18.9 Å². The van der Waals surface area contributed by atoms with Crippen molar-refractivity contribution in [3.8, 4) is 17.2 Å². The number of hydrogen-bond acceptors (Lipinski definition) is 7. The van der Waals surface area contributed by atoms with Crippen molar-refractivity contribution < 1.29 is 33.3 Å². The van der Waals surface area contributed by atoms with E-state index in [9.17, 15) is 9.59 Å². The first kappa shape index (κ1) is 23.7. The third kappa shape index (κ3) is 4.76. The van der Waals surface area contributed by atoms with E-state index in [-0.39, 0.29) is 31.8 Å². The average Bonchev–Trinajstić information content (AvgIpc) is 3.42. The standard InChI is InChI=1S/C26H31NO7/c1-6-31-24(28)22-19(17-9-12-20-21(13-17)33-15-32-20)14-27(25(29)34-26(2,3)4)23(22)16-7-10-18(30-5)11-8-16/h7-13,19,22-23H,6,14-15H2,1-5H3. The number of rotatable bonds is 5. The maximum Gasteiger partial charge on any atom is 0.410 e. The molecule has 4 rings (SSSR count). The highest BCUT2D eigenvalue weighted by molar-refractivity contribution is 5.79. The van der Waals surface area contributed by atoms with Crippen LogP contribution in [0.25, 0.3) is 0 Å². The van der Waals surface area contributed by atoms with Gasteiger partial charge in [-0.2, -0.15) is 0 Å². The minimum Gasteiger partial charge on any atom is -0.497 e. The number of ether oxygens (including phenoxy) is 5. The summed E-state index contributed by atoms with van der Waals surface area (Å²) in [5.74, 6) is 0.638. The Morgan fingerprint density at radius 3 is 2.35 bits per heavy atom. The number of hydrogen-bond donors (Lipinski definition) is 0. The van der Waals surface area contributed by atoms with E-state index in [4.69, 9.17) is 23.7 Å². The summed E-state index contributed by atoms with van der Waals surface area (Å²) >= 11 is 0. The zero-order valence-electron chi connectivity index (χ0n) is 20.2. The van der Waals surface area contributed by atoms with E-state index in [1.165, 1.54) is 0 Å². The number of carbonyl (C=O) groups is 2. The Bertz CT molecular complexity index is 1040. The summed E-state index contributed by atoms with van der Waals surface area (Å²) in [6.07, 6.45) is -0.481. The van der Waals surface area contributed by atoms with E-state index < -0.39 is 23.7 Å². The molecule has 2 heterocycles. The molecule has 182 valence electrons. The fourth-order valence-electron chi connectivity index (χ4n) is 4.54. The normalized spacial score (nSPS) is 21.3. The Balaban J connectivity index is 1.79. The van der Waals surface area contributed by atoms with Crippen LogP contribution in [0.15, 0.2) is 42.5 Å². The molecule has 34 heavy (non-hydrogen) atoms. The molecule has 0 N–H and O–H groups in total. The van der Waals surface area contributed by atoms with Gasteiger partial charge in [-0.25, -0.2) is 4.79 Å². The van der Waals surface area contributed by atoms with Crippen LogP contribution in [-0.2, 0) is 14.3 Å². The highest BCUT2D eigenvalue weighted by Crippen LogP contribution is 2.48. The lowest BCUT2D eigenvalue weighted by molar-refractivity contribution is -0.149. The number of esters is 1. The molecule has 0 bridgehead atoms. The van der Waals surface area contributed by atoms with Gasteiger partial charge in [0.15, 0.2) is 11.5 Å². The van der Waals surface area contributed by atoms with Crippen molar-refractivity contribution in [2.75, 3.05) is 27.1 Å². The fraction of sp³-hybridized carbons (Fsp3) is 0.462. The third-order valence-electron chi connectivity index (χ3n) is 5.97. The lowest BCUT2D eigenvalue weighted by Crippen LogP contribution is -2.38. The topological polar surface area (TPSA) is 83.5 Å². The van der Waals surface area contributed by atoms with Crippen LogP contribution in [0.2, 0.25) is 0 Å². The van der Waals surface area contributed by atoms with Crippen LogP contribution in [0, 0.1) is 5.92 Å². The van der Waals surface area contributed by atoms with Gasteiger partial charge in [-0.15, -0.1) is 0 Å². The molecule has 8 nitrogen and oxygen atoms in total. The fourth-order valence-corrected chi connectivity index (χ4v) is 4.54. The molecule has 1 saturated heterocycles. The number of fused-ring (bicyclic) bond motifs is 1. The van der Waals surface area contributed by atoms with Crippen molar-refractivity contribution in [3.05, 3.63) is 53.6 Å². The molecule has 0 radical (unpaired) electrons. The van der Waals surface area contributed by atoms with Crippen molar-refractivity contribution in [2.24, 2.45) is 5.92 Å². The van der Waals surface area contributed by atoms with Gasteiger partial charge in [0.1, 0.15) is 11.4 Å². The molecule has 2 aromatic carbocycles. The number of likely N-dealkylation sites (tertiary alicyclic amines) is 1. The lowest BCUT2D eigenvalue weighted by Gasteiger charge is -2.30. The molecule has 1 fully saturated rings. The monoisotopic (exact) mass is 469 g/mol. The van der Waals surface area contributed by atoms with Crippen molar-refractivity contribution in [2.45, 2.75) is 45.3 Å². The van der Waals surface area contributed by atoms with Gasteiger partial charge in [0, 0.05) is 12.5 Å². The van der Waals surface area contributed by atoms with Gasteiger partial charge < -0.3 is 23.7 Å². The van der Waals surface area contributed by atoms with Crippen molar-refractivity contribution in [1.29, 1.82) is 0 Å². The number of nitrogens with zero attached hydrogens (tertiary/aromatic N) is 1. The van der Waals surface area contributed by atoms with Crippen molar-refractivity contribution in [1.82, 2.24) is 4.90 Å². The molecule has 3 atom stereocenters. The maximum atomic E-state index is 13.3. The predicted octanol–water partition coefficient (Wildman–Crippen LogP) is 4.68. The molecular weight excluding hydrogens is 438 g/mol. The number of methoxy groups -OCH3 is 1. The summed E-state index contributed by atoms with van der Waals surface area (Å²) in [4.78, 5) is 28.3. The Morgan fingerprint density at radius 1 is 1.03 bits per heavy atom. The van der Waals surface area contributed by atoms with Crippen molar-refractivity contribution in [3.63, 3.8) is 0 Å². The van der Waals surface area contributed by atoms with E-state index in [2.05, 4.69) is 0 Å². The maximum absolute atomic E-state index is 13.3. The first-order valence-corrected chi connectivity index (χ1v) is 11.4. The van der Waals surface area contributed by atoms with Gasteiger partial charge in [0.05, 0.1) is 25.7 Å². The number of carbonyl (C=O) groups excluding carboxylic acids is 2. The Labute approximate surface area is 199 Å². The van der Waals surface area contributed by atoms with Crippen LogP contribution >= 0.6 is 0 Å². The second kappa shape index (κ2) is 9.44. The first-order chi connectivity index (χ1) is 16.2. The quantitative estimate of drug-likeness (QED) is 0.588. The Morgan fingerprint density at radius 2 is 1.71 bits per heavy atom. The van der Waals surface area contributed by atoms with Gasteiger partial charge in [-0.05, 0) is 63.1 Å². The summed E-state index contributed by atoms with van der Waals surface area (Å²) in [6.45, 7) is 7.92. The second-order valence-corrected chi connectivity index (χ2v) is 9.35. The Hall–Kier alpha value is -3.42. The van der Waals surface area contributed by atoms with E-state index in [0.29, 0.717) is 17.2 Å². The third-order valence-corrected chi connectivity index (χ3v) is 5.97. The molecule has 8 heteroatoms. The molecule has 0 aliphatic carbocycles. The van der Waals surface area contributed by atoms with E-state index in [1.807, 2.05) is 63.2 Å². The average molecular weight is 470 g/mol. The largest absolute Gasteiger partial charge is 0.497 e. The van der Waals surface area contributed by atoms with E-state index >= 15 is 0 Å². The van der Waals surface area contributed by atoms with Gasteiger partial charge in [-0.1, -0.05) is 18.2 Å². The van der Waals surface area contributed by atoms with Crippen molar-refractivity contribution >= 4 is 12.1 Å². The molecule has 3 unspecified atom stereocenters. The number of amides is 1. The van der Waals surface area contributed by atoms with Crippen LogP contribution in [0.1, 0.15) is 50.8 Å². The van der Waals surface area contributed by atoms with Crippen LogP contribution in [0.3, 0.4) is 0 Å². The van der Waals surface area contributed by atoms with Crippen LogP contribution < -0.4 is 14.2 Å². The first-order valence-electron chi connectivity index (χ1n) is 11.4. The molecule has 2 aliphatic heterocycles. The minimum absolute atomic E-state index is 0.156. The minimum atomic E-state index is -0.683. The van der Waals surface area contributed by atoms with Crippen LogP contribution in [-0.4, -0.2) is 49.6 Å². The summed E-state index contributed by atoms with van der Waals surface area (Å²) in [5.41, 5.74) is 0.984. The molecule has 0 aromatic heterocycles. The predicted molar refractivity (Wildman–Crippen MR) is 124 cm³/mol. The lowest BCUT2D eigenvalue weighted by atomic mass is 9.82. The van der Waals surface area contributed by atoms with Crippen LogP contribution in [0.5, 0.6) is 17.2 Å². The van der Waals surface area contributed by atoms with Gasteiger partial charge in [0.2, 0.25) is 6.79 Å². The molecule has 2 aromatic rings. The summed E-state index contributed by atoms with van der Waals surface area (Å²) in [5, 5.41) is 0. The highest BCUT2D eigenvalue weighted by atomic mass is 16.7. The zero-order chi connectivity index (χ0) is 24.5. The molecule has 1 amide bonds. The molecular formula is C26H31NO7. The molecule has 2 aliphatic rings. The van der Waals surface area contributed by atoms with Gasteiger partial charge in [-0.3, -0.25) is 9.69 Å². The second-order valence-electron chi connectivity index (χ2n) is 9.35. The zero-order valence-corrected chi connectivity index (χ0v) is 20.2. The highest BCUT2D eigenvalue weighted by Gasteiger charge is 2.51. The van der Waals surface area contributed by atoms with E-state index in [0.717, 1.165) is 11.1 Å². The van der Waals surface area contributed by atoms with Crippen LogP contribution in [0.4, 0.5) is 4.79 Å². The Kier molecular flexibility index (Phi) is 6.59. The summed E-state index contributed by atoms with van der Waals surface area (Å²) < 4.78 is 27.5. The van der Waals surface area contributed by atoms with Gasteiger partial charge in [0.25, 0.3) is 0 Å². The molecule has 0 saturated carbocycles. The summed E-state index contributed by atoms with van der Waals surface area (Å²) in [6, 6.07) is 12.4. The van der Waals surface area contributed by atoms with Gasteiger partial charge >= 0.3 is 12.1 Å². The molecule has 0 spiro atoms.